The van der Waals surface area contributed by atoms with Crippen LogP contribution in [-0.4, -0.2) is 27.0 Å². The second-order valence-electron chi connectivity index (χ2n) is 5.74. The number of carbonyl (C=O) groups excluding carboxylic acids is 1. The number of hydrogen-bond donors (Lipinski definition) is 1. The van der Waals surface area contributed by atoms with Gasteiger partial charge in [0.05, 0.1) is 12.0 Å². The van der Waals surface area contributed by atoms with Crippen molar-refractivity contribution in [1.29, 1.82) is 0 Å². The monoisotopic (exact) mass is 324 g/mol. The minimum atomic E-state index is -0.284. The van der Waals surface area contributed by atoms with Crippen molar-refractivity contribution < 1.29 is 9.21 Å². The van der Waals surface area contributed by atoms with Crippen LogP contribution in [0.5, 0.6) is 0 Å². The van der Waals surface area contributed by atoms with Gasteiger partial charge in [0.25, 0.3) is 0 Å². The Balaban J connectivity index is 1.52. The zero-order chi connectivity index (χ0) is 16.9. The molecule has 1 aromatic carbocycles. The first-order valence-corrected chi connectivity index (χ1v) is 7.90. The van der Waals surface area contributed by atoms with E-state index in [2.05, 4.69) is 15.3 Å². The Morgan fingerprint density at radius 3 is 2.83 bits per heavy atom. The number of aryl methyl sites for hydroxylation is 1. The second-order valence-corrected chi connectivity index (χ2v) is 5.74. The maximum absolute atomic E-state index is 12.1. The van der Waals surface area contributed by atoms with Crippen molar-refractivity contribution in [3.05, 3.63) is 60.5 Å². The third-order valence-electron chi connectivity index (χ3n) is 3.88. The lowest BCUT2D eigenvalue weighted by Gasteiger charge is -2.12. The lowest BCUT2D eigenvalue weighted by atomic mass is 10.1. The summed E-state index contributed by atoms with van der Waals surface area (Å²) in [5.41, 5.74) is 2.96. The van der Waals surface area contributed by atoms with E-state index < -0.39 is 0 Å². The summed E-state index contributed by atoms with van der Waals surface area (Å²) < 4.78 is 7.28. The van der Waals surface area contributed by atoms with Crippen LogP contribution in [0.3, 0.4) is 0 Å². The normalized spacial score (nSPS) is 12.1. The Labute approximate surface area is 140 Å². The predicted molar refractivity (Wildman–Crippen MR) is 90.3 cm³/mol. The Morgan fingerprint density at radius 2 is 2.12 bits per heavy atom. The smallest absolute Gasteiger partial charge is 0.242 e. The fraction of sp³-hybridized carbons (Fsp3) is 0.278. The highest BCUT2D eigenvalue weighted by Crippen LogP contribution is 2.19. The number of carbonyl (C=O) groups is 1. The molecule has 124 valence electrons. The quantitative estimate of drug-likeness (QED) is 0.757. The third-order valence-corrected chi connectivity index (χ3v) is 3.88. The first-order valence-electron chi connectivity index (χ1n) is 7.90. The van der Waals surface area contributed by atoms with Crippen molar-refractivity contribution in [1.82, 2.24) is 19.9 Å². The lowest BCUT2D eigenvalue weighted by molar-refractivity contribution is -0.123. The molecule has 0 unspecified atom stereocenters. The van der Waals surface area contributed by atoms with E-state index in [4.69, 9.17) is 4.42 Å². The Morgan fingerprint density at radius 1 is 1.33 bits per heavy atom. The molecule has 2 heterocycles. The van der Waals surface area contributed by atoms with Crippen LogP contribution in [0.2, 0.25) is 0 Å². The van der Waals surface area contributed by atoms with Gasteiger partial charge in [0.15, 0.2) is 0 Å². The van der Waals surface area contributed by atoms with Gasteiger partial charge in [0.2, 0.25) is 11.8 Å². The highest BCUT2D eigenvalue weighted by atomic mass is 16.3. The molecule has 1 N–H and O–H groups in total. The lowest BCUT2D eigenvalue weighted by Crippen LogP contribution is -2.32. The van der Waals surface area contributed by atoms with Gasteiger partial charge in [0, 0.05) is 30.9 Å². The number of hydrogen-bond acceptors (Lipinski definition) is 4. The topological polar surface area (TPSA) is 73.0 Å². The van der Waals surface area contributed by atoms with Crippen LogP contribution in [0.1, 0.15) is 24.2 Å². The van der Waals surface area contributed by atoms with Crippen LogP contribution < -0.4 is 5.32 Å². The van der Waals surface area contributed by atoms with Crippen molar-refractivity contribution in [3.63, 3.8) is 0 Å². The van der Waals surface area contributed by atoms with E-state index in [0.717, 1.165) is 11.3 Å². The molecule has 0 aliphatic heterocycles. The maximum Gasteiger partial charge on any atom is 0.242 e. The number of aromatic nitrogens is 3. The summed E-state index contributed by atoms with van der Waals surface area (Å²) in [5.74, 6) is 0.554. The Hall–Kier alpha value is -2.89. The summed E-state index contributed by atoms with van der Waals surface area (Å²) in [4.78, 5) is 20.5. The molecule has 3 rings (SSSR count). The number of nitrogens with one attached hydrogen (secondary N) is 1. The molecule has 0 radical (unpaired) electrons. The van der Waals surface area contributed by atoms with Gasteiger partial charge in [-0.3, -0.25) is 4.79 Å². The van der Waals surface area contributed by atoms with Crippen molar-refractivity contribution in [2.45, 2.75) is 26.3 Å². The molecule has 0 fully saturated rings. The van der Waals surface area contributed by atoms with E-state index in [0.29, 0.717) is 18.9 Å². The van der Waals surface area contributed by atoms with Crippen LogP contribution in [0, 0.1) is 6.92 Å². The second kappa shape index (κ2) is 7.12. The molecule has 1 atom stereocenters. The summed E-state index contributed by atoms with van der Waals surface area (Å²) >= 11 is 0. The summed E-state index contributed by atoms with van der Waals surface area (Å²) in [7, 11) is 0. The Bertz CT molecular complexity index is 791. The molecule has 6 nitrogen and oxygen atoms in total. The molecule has 6 heteroatoms. The van der Waals surface area contributed by atoms with E-state index in [1.54, 1.807) is 29.6 Å². The van der Waals surface area contributed by atoms with Crippen LogP contribution in [0.25, 0.3) is 11.5 Å². The van der Waals surface area contributed by atoms with Gasteiger partial charge >= 0.3 is 0 Å². The summed E-state index contributed by atoms with van der Waals surface area (Å²) in [6, 6.07) is 7.74. The summed E-state index contributed by atoms with van der Waals surface area (Å²) in [6.45, 7) is 4.39. The molecule has 1 amide bonds. The minimum Gasteiger partial charge on any atom is -0.444 e. The fourth-order valence-electron chi connectivity index (χ4n) is 2.35. The van der Waals surface area contributed by atoms with Crippen molar-refractivity contribution in [2.24, 2.45) is 0 Å². The molecular weight excluding hydrogens is 304 g/mol. The summed E-state index contributed by atoms with van der Waals surface area (Å²) in [6.07, 6.45) is 7.33. The number of nitrogens with zero attached hydrogens (tertiary/aromatic N) is 3. The van der Waals surface area contributed by atoms with Crippen LogP contribution in [-0.2, 0) is 11.2 Å². The van der Waals surface area contributed by atoms with Gasteiger partial charge in [0.1, 0.15) is 12.3 Å². The molecule has 0 spiro atoms. The van der Waals surface area contributed by atoms with E-state index in [9.17, 15) is 4.79 Å². The van der Waals surface area contributed by atoms with Crippen LogP contribution in [0.15, 0.2) is 53.7 Å². The highest BCUT2D eigenvalue weighted by molar-refractivity contribution is 5.79. The molecule has 0 aliphatic carbocycles. The largest absolute Gasteiger partial charge is 0.444 e. The molecule has 0 saturated carbocycles. The van der Waals surface area contributed by atoms with E-state index in [1.165, 1.54) is 5.56 Å². The SMILES string of the molecule is Cc1ccc(-c2nc(CCNC(=O)[C@H](C)n3ccnc3)co2)cc1. The number of imidazole rings is 1. The molecule has 3 aromatic rings. The zero-order valence-corrected chi connectivity index (χ0v) is 13.8. The molecule has 0 saturated heterocycles. The first kappa shape index (κ1) is 16.0. The zero-order valence-electron chi connectivity index (χ0n) is 13.8. The Kier molecular flexibility index (Phi) is 4.74. The van der Waals surface area contributed by atoms with Crippen molar-refractivity contribution in [2.75, 3.05) is 6.54 Å². The first-order chi connectivity index (χ1) is 11.6. The van der Waals surface area contributed by atoms with Gasteiger partial charge in [-0.15, -0.1) is 0 Å². The maximum atomic E-state index is 12.1. The van der Waals surface area contributed by atoms with E-state index in [1.807, 2.05) is 38.1 Å². The minimum absolute atomic E-state index is 0.0461. The summed E-state index contributed by atoms with van der Waals surface area (Å²) in [5, 5.41) is 2.91. The molecule has 24 heavy (non-hydrogen) atoms. The fourth-order valence-corrected chi connectivity index (χ4v) is 2.35. The molecular formula is C18H20N4O2. The molecule has 0 bridgehead atoms. The van der Waals surface area contributed by atoms with Gasteiger partial charge in [-0.05, 0) is 26.0 Å². The third kappa shape index (κ3) is 3.71. The van der Waals surface area contributed by atoms with Gasteiger partial charge in [-0.2, -0.15) is 0 Å². The standard InChI is InChI=1S/C18H20N4O2/c1-13-3-5-15(6-4-13)18-21-16(11-24-18)7-8-20-17(23)14(2)22-10-9-19-12-22/h3-6,9-12,14H,7-8H2,1-2H3,(H,20,23)/t14-/m0/s1. The number of rotatable bonds is 6. The van der Waals surface area contributed by atoms with Gasteiger partial charge < -0.3 is 14.3 Å². The molecule has 0 aliphatic rings. The van der Waals surface area contributed by atoms with E-state index in [-0.39, 0.29) is 11.9 Å². The van der Waals surface area contributed by atoms with Crippen LogP contribution in [0.4, 0.5) is 0 Å². The van der Waals surface area contributed by atoms with Crippen molar-refractivity contribution >= 4 is 5.91 Å². The van der Waals surface area contributed by atoms with Crippen LogP contribution >= 0.6 is 0 Å². The number of oxazole rings is 1. The van der Waals surface area contributed by atoms with Gasteiger partial charge in [-0.25, -0.2) is 9.97 Å². The highest BCUT2D eigenvalue weighted by Gasteiger charge is 2.14. The number of benzene rings is 1. The van der Waals surface area contributed by atoms with Gasteiger partial charge in [-0.1, -0.05) is 17.7 Å². The predicted octanol–water partition coefficient (Wildman–Crippen LogP) is 2.77. The average molecular weight is 324 g/mol. The van der Waals surface area contributed by atoms with E-state index >= 15 is 0 Å². The molecule has 2 aromatic heterocycles. The number of amides is 1. The van der Waals surface area contributed by atoms with Crippen molar-refractivity contribution in [3.8, 4) is 11.5 Å². The average Bonchev–Trinajstić information content (AvgIpc) is 3.26.